The molecule has 21 heavy (non-hydrogen) atoms. The first-order valence-electron chi connectivity index (χ1n) is 7.94. The molecule has 0 fully saturated rings. The predicted octanol–water partition coefficient (Wildman–Crippen LogP) is 4.55. The monoisotopic (exact) mass is 286 g/mol. The third-order valence-corrected chi connectivity index (χ3v) is 3.90. The van der Waals surface area contributed by atoms with Crippen molar-refractivity contribution < 1.29 is 0 Å². The standard InChI is InChI=1S/C17H26N4/c1-5-6-7-8-15-12(2)9-10-16(15)20-21-17-18-13(3)11-14(4)19-17/h11H,5-10H2,1-4H3,(H,18,19,21)/b20-16-. The number of unbranched alkanes of at least 4 members (excludes halogenated alkanes) is 2. The van der Waals surface area contributed by atoms with Crippen molar-refractivity contribution in [1.82, 2.24) is 9.97 Å². The predicted molar refractivity (Wildman–Crippen MR) is 88.6 cm³/mol. The molecule has 0 saturated heterocycles. The van der Waals surface area contributed by atoms with Crippen LogP contribution in [0.3, 0.4) is 0 Å². The molecule has 0 aliphatic heterocycles. The molecule has 1 heterocycles. The second-order valence-electron chi connectivity index (χ2n) is 5.86. The summed E-state index contributed by atoms with van der Waals surface area (Å²) in [4.78, 5) is 8.74. The Labute approximate surface area is 127 Å². The molecule has 1 aliphatic rings. The number of allylic oxidation sites excluding steroid dienone is 2. The number of aryl methyl sites for hydroxylation is 2. The van der Waals surface area contributed by atoms with E-state index in [0.29, 0.717) is 5.95 Å². The number of hydrogen-bond acceptors (Lipinski definition) is 4. The number of nitrogens with zero attached hydrogens (tertiary/aromatic N) is 3. The van der Waals surface area contributed by atoms with E-state index in [1.165, 1.54) is 36.1 Å². The SMILES string of the molecule is CCCCCC1=C(C)CC/C1=N/Nc1nc(C)cc(C)n1. The van der Waals surface area contributed by atoms with E-state index in [0.717, 1.165) is 30.7 Å². The highest BCUT2D eigenvalue weighted by atomic mass is 15.4. The first-order valence-corrected chi connectivity index (χ1v) is 7.94. The Bertz CT molecular complexity index is 538. The minimum Gasteiger partial charge on any atom is -0.245 e. The van der Waals surface area contributed by atoms with Crippen LogP contribution in [0.4, 0.5) is 5.95 Å². The van der Waals surface area contributed by atoms with E-state index in [-0.39, 0.29) is 0 Å². The summed E-state index contributed by atoms with van der Waals surface area (Å²) in [5, 5.41) is 4.57. The van der Waals surface area contributed by atoms with Crippen LogP contribution in [0.5, 0.6) is 0 Å². The second-order valence-corrected chi connectivity index (χ2v) is 5.86. The zero-order chi connectivity index (χ0) is 15.2. The summed E-state index contributed by atoms with van der Waals surface area (Å²) >= 11 is 0. The van der Waals surface area contributed by atoms with Crippen molar-refractivity contribution in [1.29, 1.82) is 0 Å². The summed E-state index contributed by atoms with van der Waals surface area (Å²) in [5.41, 5.74) is 9.09. The fraction of sp³-hybridized carbons (Fsp3) is 0.588. The highest BCUT2D eigenvalue weighted by Gasteiger charge is 2.18. The number of nitrogens with one attached hydrogen (secondary N) is 1. The smallest absolute Gasteiger partial charge is 0.243 e. The quantitative estimate of drug-likeness (QED) is 0.616. The van der Waals surface area contributed by atoms with Crippen LogP contribution in [0.1, 0.15) is 63.8 Å². The largest absolute Gasteiger partial charge is 0.245 e. The summed E-state index contributed by atoms with van der Waals surface area (Å²) < 4.78 is 0. The number of rotatable bonds is 6. The highest BCUT2D eigenvalue weighted by molar-refractivity contribution is 6.03. The van der Waals surface area contributed by atoms with Gasteiger partial charge in [0.15, 0.2) is 0 Å². The molecular weight excluding hydrogens is 260 g/mol. The highest BCUT2D eigenvalue weighted by Crippen LogP contribution is 2.27. The molecule has 0 spiro atoms. The lowest BCUT2D eigenvalue weighted by Gasteiger charge is -2.07. The van der Waals surface area contributed by atoms with Crippen LogP contribution in [-0.2, 0) is 0 Å². The van der Waals surface area contributed by atoms with Crippen molar-refractivity contribution in [3.63, 3.8) is 0 Å². The molecule has 0 unspecified atom stereocenters. The normalized spacial score (nSPS) is 16.9. The fourth-order valence-electron chi connectivity index (χ4n) is 2.78. The summed E-state index contributed by atoms with van der Waals surface area (Å²) in [6.07, 6.45) is 7.11. The summed E-state index contributed by atoms with van der Waals surface area (Å²) in [6.45, 7) is 8.42. The van der Waals surface area contributed by atoms with Crippen LogP contribution in [-0.4, -0.2) is 15.7 Å². The first-order chi connectivity index (χ1) is 10.1. The van der Waals surface area contributed by atoms with Gasteiger partial charge >= 0.3 is 0 Å². The minimum absolute atomic E-state index is 0.595. The molecule has 114 valence electrons. The maximum Gasteiger partial charge on any atom is 0.243 e. The van der Waals surface area contributed by atoms with E-state index in [2.05, 4.69) is 34.3 Å². The van der Waals surface area contributed by atoms with Gasteiger partial charge in [-0.2, -0.15) is 5.10 Å². The van der Waals surface area contributed by atoms with Crippen LogP contribution < -0.4 is 5.43 Å². The molecule has 4 heteroatoms. The molecule has 0 radical (unpaired) electrons. The van der Waals surface area contributed by atoms with Crippen molar-refractivity contribution in [2.75, 3.05) is 5.43 Å². The van der Waals surface area contributed by atoms with Gasteiger partial charge in [-0.05, 0) is 58.1 Å². The number of aromatic nitrogens is 2. The first kappa shape index (κ1) is 15.7. The van der Waals surface area contributed by atoms with E-state index in [4.69, 9.17) is 0 Å². The molecule has 1 aromatic rings. The van der Waals surface area contributed by atoms with Gasteiger partial charge in [-0.15, -0.1) is 0 Å². The van der Waals surface area contributed by atoms with Gasteiger partial charge in [0.2, 0.25) is 5.95 Å². The maximum absolute atomic E-state index is 4.57. The zero-order valence-electron chi connectivity index (χ0n) is 13.7. The molecule has 0 atom stereocenters. The average Bonchev–Trinajstić information content (AvgIpc) is 2.77. The van der Waals surface area contributed by atoms with Gasteiger partial charge in [-0.1, -0.05) is 25.3 Å². The maximum atomic E-state index is 4.57. The average molecular weight is 286 g/mol. The molecule has 1 N–H and O–H groups in total. The molecule has 0 aromatic carbocycles. The molecule has 0 amide bonds. The Morgan fingerprint density at radius 2 is 1.81 bits per heavy atom. The van der Waals surface area contributed by atoms with Gasteiger partial charge in [-0.3, -0.25) is 0 Å². The van der Waals surface area contributed by atoms with E-state index < -0.39 is 0 Å². The zero-order valence-corrected chi connectivity index (χ0v) is 13.7. The second kappa shape index (κ2) is 7.34. The van der Waals surface area contributed by atoms with Gasteiger partial charge in [-0.25, -0.2) is 15.4 Å². The summed E-state index contributed by atoms with van der Waals surface area (Å²) in [6, 6.07) is 1.97. The van der Waals surface area contributed by atoms with Crippen molar-refractivity contribution in [2.24, 2.45) is 5.10 Å². The molecule has 2 rings (SSSR count). The molecule has 1 aliphatic carbocycles. The topological polar surface area (TPSA) is 50.2 Å². The number of anilines is 1. The van der Waals surface area contributed by atoms with Crippen molar-refractivity contribution in [3.05, 3.63) is 28.6 Å². The third-order valence-electron chi connectivity index (χ3n) is 3.90. The molecule has 4 nitrogen and oxygen atoms in total. The van der Waals surface area contributed by atoms with Crippen LogP contribution in [0, 0.1) is 13.8 Å². The lowest BCUT2D eigenvalue weighted by molar-refractivity contribution is 0.720. The van der Waals surface area contributed by atoms with E-state index >= 15 is 0 Å². The van der Waals surface area contributed by atoms with Crippen molar-refractivity contribution in [3.8, 4) is 0 Å². The van der Waals surface area contributed by atoms with Crippen LogP contribution in [0.2, 0.25) is 0 Å². The third kappa shape index (κ3) is 4.38. The van der Waals surface area contributed by atoms with Gasteiger partial charge in [0.05, 0.1) is 5.71 Å². The Hall–Kier alpha value is -1.71. The molecule has 0 bridgehead atoms. The lowest BCUT2D eigenvalue weighted by Crippen LogP contribution is -2.05. The minimum atomic E-state index is 0.595. The van der Waals surface area contributed by atoms with E-state index in [1.807, 2.05) is 19.9 Å². The van der Waals surface area contributed by atoms with Crippen LogP contribution >= 0.6 is 0 Å². The lowest BCUT2D eigenvalue weighted by atomic mass is 10.0. The molecule has 1 aromatic heterocycles. The van der Waals surface area contributed by atoms with Gasteiger partial charge in [0.25, 0.3) is 0 Å². The van der Waals surface area contributed by atoms with E-state index in [9.17, 15) is 0 Å². The van der Waals surface area contributed by atoms with Gasteiger partial charge in [0.1, 0.15) is 0 Å². The Balaban J connectivity index is 2.06. The summed E-state index contributed by atoms with van der Waals surface area (Å²) in [5.74, 6) is 0.595. The van der Waals surface area contributed by atoms with E-state index in [1.54, 1.807) is 0 Å². The van der Waals surface area contributed by atoms with Crippen LogP contribution in [0.25, 0.3) is 0 Å². The van der Waals surface area contributed by atoms with Gasteiger partial charge in [0, 0.05) is 11.4 Å². The Morgan fingerprint density at radius 1 is 1.10 bits per heavy atom. The Morgan fingerprint density at radius 3 is 2.48 bits per heavy atom. The van der Waals surface area contributed by atoms with Crippen molar-refractivity contribution in [2.45, 2.75) is 66.2 Å². The Kier molecular flexibility index (Phi) is 5.48. The molecular formula is C17H26N4. The fourth-order valence-corrected chi connectivity index (χ4v) is 2.78. The molecule has 0 saturated carbocycles. The number of hydrazone groups is 1. The number of hydrogen-bond donors (Lipinski definition) is 1. The summed E-state index contributed by atoms with van der Waals surface area (Å²) in [7, 11) is 0. The van der Waals surface area contributed by atoms with Crippen LogP contribution in [0.15, 0.2) is 22.3 Å². The van der Waals surface area contributed by atoms with Gasteiger partial charge < -0.3 is 0 Å². The van der Waals surface area contributed by atoms with Crippen molar-refractivity contribution >= 4 is 11.7 Å².